The number of hydrogen-bond acceptors (Lipinski definition) is 5. The molecule has 1 unspecified atom stereocenters. The first-order valence-corrected chi connectivity index (χ1v) is 7.87. The lowest BCUT2D eigenvalue weighted by molar-refractivity contribution is 0.120. The Bertz CT molecular complexity index is 611. The maximum Gasteiger partial charge on any atom is 0.135 e. The zero-order chi connectivity index (χ0) is 15.2. The van der Waals surface area contributed by atoms with Gasteiger partial charge in [-0.3, -0.25) is 0 Å². The predicted molar refractivity (Wildman–Crippen MR) is 88.6 cm³/mol. The molecular weight excluding hydrogens is 276 g/mol. The third kappa shape index (κ3) is 3.74. The van der Waals surface area contributed by atoms with Gasteiger partial charge in [-0.25, -0.2) is 9.97 Å². The topological polar surface area (TPSA) is 59.1 Å². The Balaban J connectivity index is 1.65. The van der Waals surface area contributed by atoms with Crippen LogP contribution in [0.15, 0.2) is 36.7 Å². The van der Waals surface area contributed by atoms with Gasteiger partial charge in [0.1, 0.15) is 18.0 Å². The van der Waals surface area contributed by atoms with Gasteiger partial charge in [0.15, 0.2) is 0 Å². The molecular formula is C17H22N4O. The number of rotatable bonds is 6. The van der Waals surface area contributed by atoms with Gasteiger partial charge in [-0.15, -0.1) is 0 Å². The Morgan fingerprint density at radius 1 is 1.23 bits per heavy atom. The molecule has 5 heteroatoms. The summed E-state index contributed by atoms with van der Waals surface area (Å²) in [6, 6.07) is 10.2. The SMILES string of the molecule is CCc1ccccc1Nc1cc(NCC2CCCO2)ncn1. The number of para-hydroxylation sites is 1. The van der Waals surface area contributed by atoms with E-state index in [1.807, 2.05) is 12.1 Å². The summed E-state index contributed by atoms with van der Waals surface area (Å²) < 4.78 is 5.61. The van der Waals surface area contributed by atoms with Gasteiger partial charge in [-0.1, -0.05) is 25.1 Å². The molecule has 0 amide bonds. The first-order chi connectivity index (χ1) is 10.8. The second-order valence-corrected chi connectivity index (χ2v) is 5.44. The fraction of sp³-hybridized carbons (Fsp3) is 0.412. The fourth-order valence-corrected chi connectivity index (χ4v) is 2.63. The Morgan fingerprint density at radius 3 is 2.91 bits per heavy atom. The lowest BCUT2D eigenvalue weighted by Gasteiger charge is -2.13. The number of aryl methyl sites for hydroxylation is 1. The molecule has 3 rings (SSSR count). The lowest BCUT2D eigenvalue weighted by atomic mass is 10.1. The minimum atomic E-state index is 0.298. The van der Waals surface area contributed by atoms with Gasteiger partial charge in [0.2, 0.25) is 0 Å². The molecule has 0 saturated carbocycles. The summed E-state index contributed by atoms with van der Waals surface area (Å²) in [7, 11) is 0. The van der Waals surface area contributed by atoms with Gasteiger partial charge >= 0.3 is 0 Å². The molecule has 0 aliphatic carbocycles. The van der Waals surface area contributed by atoms with Crippen LogP contribution in [0, 0.1) is 0 Å². The lowest BCUT2D eigenvalue weighted by Crippen LogP contribution is -2.19. The smallest absolute Gasteiger partial charge is 0.135 e. The van der Waals surface area contributed by atoms with Gasteiger partial charge in [0, 0.05) is 24.9 Å². The van der Waals surface area contributed by atoms with E-state index in [9.17, 15) is 0 Å². The monoisotopic (exact) mass is 298 g/mol. The number of nitrogens with one attached hydrogen (secondary N) is 2. The fourth-order valence-electron chi connectivity index (χ4n) is 2.63. The van der Waals surface area contributed by atoms with E-state index in [1.54, 1.807) is 6.33 Å². The molecule has 2 N–H and O–H groups in total. The molecule has 1 aliphatic heterocycles. The summed E-state index contributed by atoms with van der Waals surface area (Å²) in [6.07, 6.45) is 5.13. The quantitative estimate of drug-likeness (QED) is 0.856. The average Bonchev–Trinajstić information content (AvgIpc) is 3.07. The van der Waals surface area contributed by atoms with Crippen LogP contribution in [0.1, 0.15) is 25.3 Å². The summed E-state index contributed by atoms with van der Waals surface area (Å²) in [6.45, 7) is 3.81. The molecule has 1 aliphatic rings. The number of benzene rings is 1. The maximum atomic E-state index is 5.61. The summed E-state index contributed by atoms with van der Waals surface area (Å²) in [5, 5.41) is 6.69. The molecule has 116 valence electrons. The van der Waals surface area contributed by atoms with Crippen molar-refractivity contribution in [2.45, 2.75) is 32.3 Å². The van der Waals surface area contributed by atoms with Gasteiger partial charge in [0.25, 0.3) is 0 Å². The molecule has 2 heterocycles. The first-order valence-electron chi connectivity index (χ1n) is 7.87. The molecule has 0 bridgehead atoms. The van der Waals surface area contributed by atoms with Crippen molar-refractivity contribution in [3.8, 4) is 0 Å². The van der Waals surface area contributed by atoms with E-state index in [0.717, 1.165) is 49.7 Å². The number of ether oxygens (including phenoxy) is 1. The van der Waals surface area contributed by atoms with Crippen molar-refractivity contribution in [2.24, 2.45) is 0 Å². The first kappa shape index (κ1) is 14.8. The zero-order valence-electron chi connectivity index (χ0n) is 12.9. The molecule has 22 heavy (non-hydrogen) atoms. The molecule has 5 nitrogen and oxygen atoms in total. The highest BCUT2D eigenvalue weighted by atomic mass is 16.5. The van der Waals surface area contributed by atoms with Crippen LogP contribution in [0.25, 0.3) is 0 Å². The van der Waals surface area contributed by atoms with E-state index in [-0.39, 0.29) is 0 Å². The van der Waals surface area contributed by atoms with Crippen LogP contribution in [-0.4, -0.2) is 29.2 Å². The molecule has 1 aromatic heterocycles. The highest BCUT2D eigenvalue weighted by molar-refractivity contribution is 5.62. The van der Waals surface area contributed by atoms with Crippen LogP contribution >= 0.6 is 0 Å². The minimum absolute atomic E-state index is 0.298. The molecule has 1 fully saturated rings. The predicted octanol–water partition coefficient (Wildman–Crippen LogP) is 3.37. The van der Waals surface area contributed by atoms with E-state index >= 15 is 0 Å². The molecule has 1 aromatic carbocycles. The summed E-state index contributed by atoms with van der Waals surface area (Å²) in [5.41, 5.74) is 2.36. The van der Waals surface area contributed by atoms with Gasteiger partial charge in [-0.2, -0.15) is 0 Å². The normalized spacial score (nSPS) is 17.4. The summed E-state index contributed by atoms with van der Waals surface area (Å²) >= 11 is 0. The molecule has 0 spiro atoms. The van der Waals surface area contributed by atoms with E-state index < -0.39 is 0 Å². The van der Waals surface area contributed by atoms with Crippen molar-refractivity contribution in [2.75, 3.05) is 23.8 Å². The zero-order valence-corrected chi connectivity index (χ0v) is 12.9. The Labute approximate surface area is 131 Å². The van der Waals surface area contributed by atoms with E-state index in [0.29, 0.717) is 6.10 Å². The highest BCUT2D eigenvalue weighted by Gasteiger charge is 2.15. The van der Waals surface area contributed by atoms with Crippen molar-refractivity contribution in [1.29, 1.82) is 0 Å². The average molecular weight is 298 g/mol. The molecule has 1 atom stereocenters. The Morgan fingerprint density at radius 2 is 2.09 bits per heavy atom. The van der Waals surface area contributed by atoms with Crippen molar-refractivity contribution in [1.82, 2.24) is 9.97 Å². The number of nitrogens with zero attached hydrogens (tertiary/aromatic N) is 2. The van der Waals surface area contributed by atoms with Crippen molar-refractivity contribution >= 4 is 17.3 Å². The minimum Gasteiger partial charge on any atom is -0.376 e. The molecule has 2 aromatic rings. The van der Waals surface area contributed by atoms with Gasteiger partial charge in [0.05, 0.1) is 6.10 Å². The third-order valence-corrected chi connectivity index (χ3v) is 3.86. The maximum absolute atomic E-state index is 5.61. The van der Waals surface area contributed by atoms with Crippen LogP contribution in [0.3, 0.4) is 0 Å². The van der Waals surface area contributed by atoms with Crippen LogP contribution in [0.2, 0.25) is 0 Å². The second kappa shape index (κ2) is 7.22. The molecule has 0 radical (unpaired) electrons. The largest absolute Gasteiger partial charge is 0.376 e. The number of anilines is 3. The van der Waals surface area contributed by atoms with Gasteiger partial charge in [-0.05, 0) is 30.9 Å². The standard InChI is InChI=1S/C17H22N4O/c1-2-13-6-3-4-8-15(13)21-17-10-16(19-12-20-17)18-11-14-7-5-9-22-14/h3-4,6,8,10,12,14H,2,5,7,9,11H2,1H3,(H2,18,19,20,21). The molecule has 1 saturated heterocycles. The van der Waals surface area contributed by atoms with Crippen LogP contribution in [0.4, 0.5) is 17.3 Å². The van der Waals surface area contributed by atoms with Crippen LogP contribution < -0.4 is 10.6 Å². The third-order valence-electron chi connectivity index (χ3n) is 3.86. The highest BCUT2D eigenvalue weighted by Crippen LogP contribution is 2.21. The van der Waals surface area contributed by atoms with E-state index in [2.05, 4.69) is 45.7 Å². The Hall–Kier alpha value is -2.14. The van der Waals surface area contributed by atoms with Crippen LogP contribution in [0.5, 0.6) is 0 Å². The van der Waals surface area contributed by atoms with Crippen molar-refractivity contribution < 1.29 is 4.74 Å². The van der Waals surface area contributed by atoms with E-state index in [4.69, 9.17) is 4.74 Å². The Kier molecular flexibility index (Phi) is 4.85. The second-order valence-electron chi connectivity index (χ2n) is 5.44. The van der Waals surface area contributed by atoms with E-state index in [1.165, 1.54) is 5.56 Å². The summed E-state index contributed by atoms with van der Waals surface area (Å²) in [4.78, 5) is 8.56. The summed E-state index contributed by atoms with van der Waals surface area (Å²) in [5.74, 6) is 1.62. The van der Waals surface area contributed by atoms with Crippen molar-refractivity contribution in [3.63, 3.8) is 0 Å². The number of aromatic nitrogens is 2. The number of hydrogen-bond donors (Lipinski definition) is 2. The van der Waals surface area contributed by atoms with Crippen LogP contribution in [-0.2, 0) is 11.2 Å². The van der Waals surface area contributed by atoms with Gasteiger partial charge < -0.3 is 15.4 Å². The van der Waals surface area contributed by atoms with Crippen molar-refractivity contribution in [3.05, 3.63) is 42.2 Å².